The maximum atomic E-state index is 9.64. The van der Waals surface area contributed by atoms with Crippen LogP contribution in [-0.4, -0.2) is 11.2 Å². The molecule has 0 rings (SSSR count). The van der Waals surface area contributed by atoms with E-state index in [2.05, 4.69) is 34.6 Å². The monoisotopic (exact) mass is 158 g/mol. The van der Waals surface area contributed by atoms with E-state index in [9.17, 15) is 5.11 Å². The molecule has 1 heteroatoms. The van der Waals surface area contributed by atoms with E-state index < -0.39 is 0 Å². The predicted octanol–water partition coefficient (Wildman–Crippen LogP) is 2.69. The van der Waals surface area contributed by atoms with Gasteiger partial charge in [0.25, 0.3) is 0 Å². The van der Waals surface area contributed by atoms with Gasteiger partial charge in [0.2, 0.25) is 0 Å². The molecule has 2 unspecified atom stereocenters. The van der Waals surface area contributed by atoms with Gasteiger partial charge in [0, 0.05) is 0 Å². The van der Waals surface area contributed by atoms with Crippen molar-refractivity contribution in [3.05, 3.63) is 0 Å². The third kappa shape index (κ3) is 4.41. The fourth-order valence-electron chi connectivity index (χ4n) is 1.54. The first-order chi connectivity index (χ1) is 4.95. The number of aliphatic hydroxyl groups excluding tert-OH is 1. The SMILES string of the molecule is CC(C)CC(C)C(O)C(C)C. The molecule has 0 saturated heterocycles. The van der Waals surface area contributed by atoms with Crippen LogP contribution in [0.2, 0.25) is 0 Å². The minimum atomic E-state index is -0.127. The summed E-state index contributed by atoms with van der Waals surface area (Å²) in [6, 6.07) is 0. The number of rotatable bonds is 4. The zero-order valence-corrected chi connectivity index (χ0v) is 8.46. The third-order valence-electron chi connectivity index (χ3n) is 2.11. The van der Waals surface area contributed by atoms with Crippen molar-refractivity contribution >= 4 is 0 Å². The van der Waals surface area contributed by atoms with Gasteiger partial charge in [0.05, 0.1) is 6.10 Å². The van der Waals surface area contributed by atoms with Crippen LogP contribution in [0.4, 0.5) is 0 Å². The van der Waals surface area contributed by atoms with Crippen molar-refractivity contribution in [3.63, 3.8) is 0 Å². The topological polar surface area (TPSA) is 20.2 Å². The minimum absolute atomic E-state index is 0.127. The average molecular weight is 158 g/mol. The lowest BCUT2D eigenvalue weighted by molar-refractivity contribution is 0.0628. The van der Waals surface area contributed by atoms with Crippen molar-refractivity contribution in [3.8, 4) is 0 Å². The molecule has 1 N–H and O–H groups in total. The van der Waals surface area contributed by atoms with Crippen molar-refractivity contribution in [1.82, 2.24) is 0 Å². The summed E-state index contributed by atoms with van der Waals surface area (Å²) in [5, 5.41) is 9.64. The highest BCUT2D eigenvalue weighted by Gasteiger charge is 2.18. The summed E-state index contributed by atoms with van der Waals surface area (Å²) in [6.45, 7) is 10.7. The molecule has 0 heterocycles. The van der Waals surface area contributed by atoms with E-state index in [1.807, 2.05) is 0 Å². The molecule has 0 saturated carbocycles. The maximum Gasteiger partial charge on any atom is 0.0588 e. The second-order valence-electron chi connectivity index (χ2n) is 4.34. The highest BCUT2D eigenvalue weighted by Crippen LogP contribution is 2.19. The largest absolute Gasteiger partial charge is 0.393 e. The van der Waals surface area contributed by atoms with Gasteiger partial charge in [-0.15, -0.1) is 0 Å². The van der Waals surface area contributed by atoms with Crippen LogP contribution in [0.15, 0.2) is 0 Å². The van der Waals surface area contributed by atoms with E-state index in [0.29, 0.717) is 17.8 Å². The molecule has 0 aromatic carbocycles. The van der Waals surface area contributed by atoms with Gasteiger partial charge in [-0.2, -0.15) is 0 Å². The van der Waals surface area contributed by atoms with Crippen molar-refractivity contribution in [2.24, 2.45) is 17.8 Å². The molecular formula is C10H22O. The normalized spacial score (nSPS) is 17.5. The standard InChI is InChI=1S/C10H22O/c1-7(2)6-9(5)10(11)8(3)4/h7-11H,6H2,1-5H3. The lowest BCUT2D eigenvalue weighted by Gasteiger charge is -2.23. The molecule has 2 atom stereocenters. The van der Waals surface area contributed by atoms with Gasteiger partial charge < -0.3 is 5.11 Å². The van der Waals surface area contributed by atoms with Gasteiger partial charge >= 0.3 is 0 Å². The first-order valence-electron chi connectivity index (χ1n) is 4.63. The Morgan fingerprint density at radius 1 is 1.00 bits per heavy atom. The molecule has 0 spiro atoms. The Balaban J connectivity index is 3.73. The molecule has 0 aliphatic rings. The number of hydrogen-bond donors (Lipinski definition) is 1. The average Bonchev–Trinajstić information content (AvgIpc) is 1.84. The highest BCUT2D eigenvalue weighted by molar-refractivity contribution is 4.68. The van der Waals surface area contributed by atoms with Gasteiger partial charge in [-0.25, -0.2) is 0 Å². The Morgan fingerprint density at radius 2 is 1.45 bits per heavy atom. The quantitative estimate of drug-likeness (QED) is 0.667. The molecule has 0 aromatic heterocycles. The minimum Gasteiger partial charge on any atom is -0.393 e. The van der Waals surface area contributed by atoms with E-state index in [-0.39, 0.29) is 6.10 Å². The predicted molar refractivity (Wildman–Crippen MR) is 49.5 cm³/mol. The molecule has 11 heavy (non-hydrogen) atoms. The van der Waals surface area contributed by atoms with Crippen LogP contribution in [0.5, 0.6) is 0 Å². The van der Waals surface area contributed by atoms with E-state index in [1.165, 1.54) is 0 Å². The summed E-state index contributed by atoms with van der Waals surface area (Å²) < 4.78 is 0. The molecule has 0 amide bonds. The summed E-state index contributed by atoms with van der Waals surface area (Å²) in [4.78, 5) is 0. The first-order valence-corrected chi connectivity index (χ1v) is 4.63. The smallest absolute Gasteiger partial charge is 0.0588 e. The van der Waals surface area contributed by atoms with Gasteiger partial charge in [-0.1, -0.05) is 34.6 Å². The van der Waals surface area contributed by atoms with Gasteiger partial charge in [-0.05, 0) is 24.2 Å². The van der Waals surface area contributed by atoms with Gasteiger partial charge in [0.1, 0.15) is 0 Å². The molecule has 0 bridgehead atoms. The van der Waals surface area contributed by atoms with Crippen molar-refractivity contribution in [2.75, 3.05) is 0 Å². The number of aliphatic hydroxyl groups is 1. The number of hydrogen-bond acceptors (Lipinski definition) is 1. The van der Waals surface area contributed by atoms with Crippen LogP contribution in [0, 0.1) is 17.8 Å². The summed E-state index contributed by atoms with van der Waals surface area (Å²) in [5.41, 5.74) is 0. The lowest BCUT2D eigenvalue weighted by Crippen LogP contribution is -2.24. The fourth-order valence-corrected chi connectivity index (χ4v) is 1.54. The Bertz CT molecular complexity index is 97.0. The zero-order chi connectivity index (χ0) is 9.02. The Morgan fingerprint density at radius 3 is 1.73 bits per heavy atom. The zero-order valence-electron chi connectivity index (χ0n) is 8.46. The van der Waals surface area contributed by atoms with Crippen LogP contribution >= 0.6 is 0 Å². The summed E-state index contributed by atoms with van der Waals surface area (Å²) in [7, 11) is 0. The highest BCUT2D eigenvalue weighted by atomic mass is 16.3. The summed E-state index contributed by atoms with van der Waals surface area (Å²) in [6.07, 6.45) is 0.997. The van der Waals surface area contributed by atoms with E-state index in [4.69, 9.17) is 0 Å². The molecule has 0 aliphatic carbocycles. The molecular weight excluding hydrogens is 136 g/mol. The molecule has 0 fully saturated rings. The summed E-state index contributed by atoms with van der Waals surface area (Å²) in [5.74, 6) is 1.53. The van der Waals surface area contributed by atoms with Crippen LogP contribution < -0.4 is 0 Å². The Kier molecular flexibility index (Phi) is 4.74. The second-order valence-corrected chi connectivity index (χ2v) is 4.34. The Hall–Kier alpha value is -0.0400. The van der Waals surface area contributed by atoms with Crippen molar-refractivity contribution in [1.29, 1.82) is 0 Å². The molecule has 1 nitrogen and oxygen atoms in total. The molecule has 0 radical (unpaired) electrons. The van der Waals surface area contributed by atoms with E-state index >= 15 is 0 Å². The van der Waals surface area contributed by atoms with Crippen molar-refractivity contribution < 1.29 is 5.11 Å². The first kappa shape index (κ1) is 11.0. The van der Waals surface area contributed by atoms with Crippen LogP contribution in [0.25, 0.3) is 0 Å². The summed E-state index contributed by atoms with van der Waals surface area (Å²) >= 11 is 0. The lowest BCUT2D eigenvalue weighted by atomic mass is 9.88. The second kappa shape index (κ2) is 4.76. The fraction of sp³-hybridized carbons (Fsp3) is 1.00. The van der Waals surface area contributed by atoms with Crippen LogP contribution in [-0.2, 0) is 0 Å². The van der Waals surface area contributed by atoms with E-state index in [0.717, 1.165) is 6.42 Å². The maximum absolute atomic E-state index is 9.64. The van der Waals surface area contributed by atoms with Crippen LogP contribution in [0.3, 0.4) is 0 Å². The molecule has 0 aromatic rings. The third-order valence-corrected chi connectivity index (χ3v) is 2.11. The molecule has 68 valence electrons. The van der Waals surface area contributed by atoms with Crippen LogP contribution in [0.1, 0.15) is 41.0 Å². The van der Waals surface area contributed by atoms with Crippen molar-refractivity contribution in [2.45, 2.75) is 47.1 Å². The van der Waals surface area contributed by atoms with E-state index in [1.54, 1.807) is 0 Å². The van der Waals surface area contributed by atoms with Gasteiger partial charge in [0.15, 0.2) is 0 Å². The molecule has 0 aliphatic heterocycles. The van der Waals surface area contributed by atoms with Gasteiger partial charge in [-0.3, -0.25) is 0 Å². The Labute approximate surface area is 70.8 Å².